The van der Waals surface area contributed by atoms with E-state index < -0.39 is 53.3 Å². The highest BCUT2D eigenvalue weighted by Gasteiger charge is 2.44. The number of nitrogens with zero attached hydrogens (tertiary/aromatic N) is 4. The minimum Gasteiger partial charge on any atom is -0.496 e. The molecule has 1 amide bonds. The van der Waals surface area contributed by atoms with Gasteiger partial charge in [0.15, 0.2) is 0 Å². The molecule has 1 N–H and O–H groups in total. The van der Waals surface area contributed by atoms with Crippen LogP contribution in [0.15, 0.2) is 42.6 Å². The number of ether oxygens (including phenoxy) is 2. The van der Waals surface area contributed by atoms with Crippen molar-refractivity contribution < 1.29 is 50.5 Å². The van der Waals surface area contributed by atoms with Crippen LogP contribution in [-0.2, 0) is 28.4 Å². The number of alkyl halides is 6. The Hall–Kier alpha value is -4.56. The van der Waals surface area contributed by atoms with Gasteiger partial charge in [-0.05, 0) is 86.4 Å². The van der Waals surface area contributed by atoms with Crippen molar-refractivity contribution in [3.05, 3.63) is 70.5 Å². The third-order valence-electron chi connectivity index (χ3n) is 9.71. The van der Waals surface area contributed by atoms with Crippen LogP contribution in [0.4, 0.5) is 37.1 Å². The molecule has 1 aliphatic carbocycles. The smallest absolute Gasteiger partial charge is 0.416 e. The van der Waals surface area contributed by atoms with Gasteiger partial charge in [-0.2, -0.15) is 26.3 Å². The molecule has 49 heavy (non-hydrogen) atoms. The van der Waals surface area contributed by atoms with Gasteiger partial charge in [-0.3, -0.25) is 9.69 Å². The van der Waals surface area contributed by atoms with Gasteiger partial charge in [-0.15, -0.1) is 0 Å². The normalized spacial score (nSPS) is 22.9. The Kier molecular flexibility index (Phi) is 9.14. The number of rotatable bonds is 8. The molecule has 1 aromatic heterocycles. The van der Waals surface area contributed by atoms with Gasteiger partial charge >= 0.3 is 24.4 Å². The average Bonchev–Trinajstić information content (AvgIpc) is 3.31. The SMILES string of the molecule is COc1ccc(C2CCC(C(=O)O)CC2)cc1-c1cnc(N2CCC2)nc1CN1C(=O)O[C@H](c2cc(C(F)(F)F)cc(C(F)(F)F)c2)C1C. The van der Waals surface area contributed by atoms with Gasteiger partial charge in [0.1, 0.15) is 11.9 Å². The van der Waals surface area contributed by atoms with Gasteiger partial charge in [0, 0.05) is 30.4 Å². The molecular weight excluding hydrogens is 658 g/mol. The number of carboxylic acids is 1. The van der Waals surface area contributed by atoms with Crippen molar-refractivity contribution in [2.24, 2.45) is 5.92 Å². The number of aromatic nitrogens is 2. The van der Waals surface area contributed by atoms with E-state index in [1.54, 1.807) is 12.3 Å². The van der Waals surface area contributed by atoms with Gasteiger partial charge in [0.05, 0.1) is 42.4 Å². The van der Waals surface area contributed by atoms with Crippen LogP contribution in [0.3, 0.4) is 0 Å². The third-order valence-corrected chi connectivity index (χ3v) is 9.71. The first kappa shape index (κ1) is 34.3. The summed E-state index contributed by atoms with van der Waals surface area (Å²) in [6.07, 6.45) is -7.45. The van der Waals surface area contributed by atoms with Gasteiger partial charge in [0.25, 0.3) is 0 Å². The Morgan fingerprint density at radius 1 is 0.959 bits per heavy atom. The summed E-state index contributed by atoms with van der Waals surface area (Å²) in [6, 6.07) is 5.88. The number of carbonyl (C=O) groups is 2. The number of hydrogen-bond donors (Lipinski definition) is 1. The molecular formula is C34H34F6N4O5. The van der Waals surface area contributed by atoms with Crippen LogP contribution in [0.1, 0.15) is 79.0 Å². The van der Waals surface area contributed by atoms with Gasteiger partial charge < -0.3 is 19.5 Å². The highest BCUT2D eigenvalue weighted by atomic mass is 19.4. The second-order valence-electron chi connectivity index (χ2n) is 12.7. The lowest BCUT2D eigenvalue weighted by Gasteiger charge is -2.31. The number of aliphatic carboxylic acids is 1. The summed E-state index contributed by atoms with van der Waals surface area (Å²) >= 11 is 0. The summed E-state index contributed by atoms with van der Waals surface area (Å²) in [5.41, 5.74) is -0.942. The second kappa shape index (κ2) is 13.0. The molecule has 3 aromatic rings. The van der Waals surface area contributed by atoms with E-state index >= 15 is 0 Å². The van der Waals surface area contributed by atoms with Crippen molar-refractivity contribution in [1.82, 2.24) is 14.9 Å². The maximum Gasteiger partial charge on any atom is 0.416 e. The highest BCUT2D eigenvalue weighted by molar-refractivity contribution is 5.75. The molecule has 0 bridgehead atoms. The van der Waals surface area contributed by atoms with Crippen LogP contribution in [0.2, 0.25) is 0 Å². The summed E-state index contributed by atoms with van der Waals surface area (Å²) in [6.45, 7) is 2.75. The summed E-state index contributed by atoms with van der Waals surface area (Å²) in [7, 11) is 1.50. The fourth-order valence-corrected chi connectivity index (χ4v) is 6.75. The number of benzene rings is 2. The van der Waals surface area contributed by atoms with Crippen LogP contribution in [0.25, 0.3) is 11.1 Å². The fraction of sp³-hybridized carbons (Fsp3) is 0.471. The van der Waals surface area contributed by atoms with E-state index in [1.165, 1.54) is 18.9 Å². The Bertz CT molecular complexity index is 1700. The fourth-order valence-electron chi connectivity index (χ4n) is 6.75. The molecule has 0 radical (unpaired) electrons. The van der Waals surface area contributed by atoms with Crippen molar-refractivity contribution in [3.8, 4) is 16.9 Å². The minimum absolute atomic E-state index is 0.0342. The van der Waals surface area contributed by atoms with Gasteiger partial charge in [0.2, 0.25) is 5.95 Å². The quantitative estimate of drug-likeness (QED) is 0.238. The van der Waals surface area contributed by atoms with Crippen LogP contribution in [0.5, 0.6) is 5.75 Å². The summed E-state index contributed by atoms with van der Waals surface area (Å²) < 4.78 is 92.9. The number of methoxy groups -OCH3 is 1. The summed E-state index contributed by atoms with van der Waals surface area (Å²) in [5.74, 6) is -0.179. The Morgan fingerprint density at radius 2 is 1.61 bits per heavy atom. The molecule has 3 aliphatic rings. The first-order valence-corrected chi connectivity index (χ1v) is 15.9. The standard InChI is InChI=1S/C34H34F6N4O5/c1-18-29(22-12-23(33(35,36)37)15-24(13-22)34(38,39)40)49-32(47)44(18)17-27-26(16-41-31(42-27)43-10-3-11-43)25-14-21(8-9-28(25)48-2)19-4-6-20(7-5-19)30(45)46/h8-9,12-16,18-20,29H,3-7,10-11,17H2,1-2H3,(H,45,46)/t18?,19?,20?,29-/m0/s1. The van der Waals surface area contributed by atoms with Crippen LogP contribution in [-0.4, -0.2) is 58.3 Å². The molecule has 262 valence electrons. The highest BCUT2D eigenvalue weighted by Crippen LogP contribution is 2.43. The van der Waals surface area contributed by atoms with E-state index in [9.17, 15) is 41.0 Å². The Labute approximate surface area is 277 Å². The lowest BCUT2D eigenvalue weighted by molar-refractivity contribution is -0.144. The lowest BCUT2D eigenvalue weighted by Crippen LogP contribution is -2.39. The molecule has 15 heteroatoms. The molecule has 6 rings (SSSR count). The van der Waals surface area contributed by atoms with Crippen molar-refractivity contribution in [1.29, 1.82) is 0 Å². The molecule has 3 fully saturated rings. The number of halogens is 6. The molecule has 2 saturated heterocycles. The van der Waals surface area contributed by atoms with E-state index in [2.05, 4.69) is 4.98 Å². The number of cyclic esters (lactones) is 1. The zero-order valence-corrected chi connectivity index (χ0v) is 26.6. The van der Waals surface area contributed by atoms with Crippen LogP contribution >= 0.6 is 0 Å². The molecule has 2 atom stereocenters. The Morgan fingerprint density at radius 3 is 2.16 bits per heavy atom. The number of carboxylic acid groups (broad SMARTS) is 1. The van der Waals surface area contributed by atoms with Crippen LogP contribution < -0.4 is 9.64 Å². The molecule has 0 spiro atoms. The summed E-state index contributed by atoms with van der Waals surface area (Å²) in [4.78, 5) is 37.3. The van der Waals surface area contributed by atoms with Gasteiger partial charge in [-0.1, -0.05) is 6.07 Å². The number of hydrogen-bond acceptors (Lipinski definition) is 7. The first-order valence-electron chi connectivity index (χ1n) is 15.9. The van der Waals surface area contributed by atoms with Crippen LogP contribution in [0, 0.1) is 5.92 Å². The number of anilines is 1. The van der Waals surface area contributed by atoms with E-state index in [1.807, 2.05) is 17.0 Å². The largest absolute Gasteiger partial charge is 0.496 e. The molecule has 2 aromatic carbocycles. The van der Waals surface area contributed by atoms with E-state index in [0.717, 1.165) is 25.1 Å². The zero-order valence-electron chi connectivity index (χ0n) is 26.6. The third kappa shape index (κ3) is 6.97. The van der Waals surface area contributed by atoms with Crippen molar-refractivity contribution in [2.45, 2.75) is 76.0 Å². The predicted molar refractivity (Wildman–Crippen MR) is 164 cm³/mol. The van der Waals surface area contributed by atoms with Crippen molar-refractivity contribution in [3.63, 3.8) is 0 Å². The lowest BCUT2D eigenvalue weighted by atomic mass is 9.78. The zero-order chi connectivity index (χ0) is 35.2. The Balaban J connectivity index is 1.35. The molecule has 1 saturated carbocycles. The van der Waals surface area contributed by atoms with E-state index in [4.69, 9.17) is 14.5 Å². The first-order chi connectivity index (χ1) is 23.1. The van der Waals surface area contributed by atoms with Crippen molar-refractivity contribution >= 4 is 18.0 Å². The second-order valence-corrected chi connectivity index (χ2v) is 12.7. The van der Waals surface area contributed by atoms with E-state index in [0.29, 0.717) is 66.3 Å². The summed E-state index contributed by atoms with van der Waals surface area (Å²) in [5, 5.41) is 9.43. The van der Waals surface area contributed by atoms with Gasteiger partial charge in [-0.25, -0.2) is 14.8 Å². The molecule has 9 nitrogen and oxygen atoms in total. The van der Waals surface area contributed by atoms with Crippen molar-refractivity contribution in [2.75, 3.05) is 25.1 Å². The maximum absolute atomic E-state index is 13.6. The van der Waals surface area contributed by atoms with E-state index in [-0.39, 0.29) is 24.4 Å². The predicted octanol–water partition coefficient (Wildman–Crippen LogP) is 7.84. The number of carbonyl (C=O) groups excluding carboxylic acids is 1. The molecule has 1 unspecified atom stereocenters. The average molecular weight is 693 g/mol. The minimum atomic E-state index is -5.06. The topological polar surface area (TPSA) is 105 Å². The maximum atomic E-state index is 13.6. The number of amides is 1. The molecule has 3 heterocycles. The molecule has 2 aliphatic heterocycles. The monoisotopic (exact) mass is 692 g/mol.